The average Bonchev–Trinajstić information content (AvgIpc) is 3.14. The molecule has 0 spiro atoms. The van der Waals surface area contributed by atoms with Crippen molar-refractivity contribution in [2.24, 2.45) is 5.92 Å². The second kappa shape index (κ2) is 9.15. The molecule has 3 rings (SSSR count). The molecule has 5 nitrogen and oxygen atoms in total. The van der Waals surface area contributed by atoms with Gasteiger partial charge in [0.15, 0.2) is 0 Å². The number of rotatable bonds is 6. The second-order valence-electron chi connectivity index (χ2n) is 7.31. The molecule has 1 saturated heterocycles. The average molecular weight is 387 g/mol. The van der Waals surface area contributed by atoms with Crippen LogP contribution in [0.5, 0.6) is 0 Å². The topological polar surface area (TPSA) is 49.9 Å². The first kappa shape index (κ1) is 19.6. The molecule has 2 amide bonds. The van der Waals surface area contributed by atoms with E-state index in [1.165, 1.54) is 11.3 Å². The lowest BCUT2D eigenvalue weighted by Crippen LogP contribution is -2.40. The van der Waals surface area contributed by atoms with E-state index in [4.69, 9.17) is 4.74 Å². The highest BCUT2D eigenvalue weighted by molar-refractivity contribution is 7.08. The normalized spacial score (nSPS) is 18.0. The lowest BCUT2D eigenvalue weighted by molar-refractivity contribution is -0.132. The van der Waals surface area contributed by atoms with Crippen molar-refractivity contribution >= 4 is 23.2 Å². The minimum Gasteiger partial charge on any atom is -0.370 e. The lowest BCUT2D eigenvalue weighted by Gasteiger charge is -2.26. The van der Waals surface area contributed by atoms with E-state index in [-0.39, 0.29) is 24.5 Å². The van der Waals surface area contributed by atoms with Crippen molar-refractivity contribution < 1.29 is 14.3 Å². The van der Waals surface area contributed by atoms with E-state index in [1.54, 1.807) is 11.0 Å². The molecule has 1 aliphatic heterocycles. The molecule has 0 N–H and O–H groups in total. The summed E-state index contributed by atoms with van der Waals surface area (Å²) in [5, 5.41) is 3.70. The summed E-state index contributed by atoms with van der Waals surface area (Å²) < 4.78 is 6.12. The minimum absolute atomic E-state index is 0.0157. The van der Waals surface area contributed by atoms with Gasteiger partial charge in [0.25, 0.3) is 5.91 Å². The Bertz CT molecular complexity index is 746. The van der Waals surface area contributed by atoms with Crippen molar-refractivity contribution in [3.63, 3.8) is 0 Å². The maximum absolute atomic E-state index is 12.8. The van der Waals surface area contributed by atoms with E-state index in [1.807, 2.05) is 46.0 Å². The Hall–Kier alpha value is -2.18. The number of carbonyl (C=O) groups excluding carboxylic acids is 2. The summed E-state index contributed by atoms with van der Waals surface area (Å²) in [7, 11) is 0. The number of carbonyl (C=O) groups is 2. The zero-order chi connectivity index (χ0) is 19.2. The van der Waals surface area contributed by atoms with Gasteiger partial charge in [-0.1, -0.05) is 44.2 Å². The molecular formula is C21H26N2O3S. The van der Waals surface area contributed by atoms with Crippen LogP contribution in [0.4, 0.5) is 0 Å². The number of nitrogens with zero attached hydrogens (tertiary/aromatic N) is 2. The zero-order valence-electron chi connectivity index (χ0n) is 15.8. The molecular weight excluding hydrogens is 360 g/mol. The maximum Gasteiger partial charge on any atom is 0.255 e. The van der Waals surface area contributed by atoms with Crippen LogP contribution < -0.4 is 0 Å². The molecule has 2 heterocycles. The van der Waals surface area contributed by atoms with E-state index >= 15 is 0 Å². The molecule has 0 saturated carbocycles. The van der Waals surface area contributed by atoms with Crippen molar-refractivity contribution in [2.75, 3.05) is 26.2 Å². The smallest absolute Gasteiger partial charge is 0.255 e. The molecule has 0 radical (unpaired) electrons. The molecule has 1 fully saturated rings. The fourth-order valence-electron chi connectivity index (χ4n) is 3.21. The van der Waals surface area contributed by atoms with Gasteiger partial charge in [-0.25, -0.2) is 0 Å². The third kappa shape index (κ3) is 5.40. The minimum atomic E-state index is -0.210. The molecule has 1 atom stereocenters. The molecule has 1 aliphatic rings. The number of benzene rings is 1. The third-order valence-electron chi connectivity index (χ3n) is 4.50. The Labute approximate surface area is 164 Å². The predicted octanol–water partition coefficient (Wildman–Crippen LogP) is 3.27. The summed E-state index contributed by atoms with van der Waals surface area (Å²) in [6, 6.07) is 11.8. The summed E-state index contributed by atoms with van der Waals surface area (Å²) in [4.78, 5) is 29.0. The fourth-order valence-corrected chi connectivity index (χ4v) is 3.84. The maximum atomic E-state index is 12.8. The van der Waals surface area contributed by atoms with Gasteiger partial charge in [0.2, 0.25) is 5.91 Å². The number of thiophene rings is 1. The molecule has 144 valence electrons. The van der Waals surface area contributed by atoms with Gasteiger partial charge in [-0.3, -0.25) is 9.59 Å². The fraction of sp³-hybridized carbons (Fsp3) is 0.429. The molecule has 1 aromatic carbocycles. The Morgan fingerprint density at radius 1 is 1.22 bits per heavy atom. The van der Waals surface area contributed by atoms with Crippen LogP contribution in [0, 0.1) is 5.92 Å². The van der Waals surface area contributed by atoms with Gasteiger partial charge in [0.1, 0.15) is 6.54 Å². The van der Waals surface area contributed by atoms with Crippen molar-refractivity contribution in [1.29, 1.82) is 0 Å². The van der Waals surface area contributed by atoms with Gasteiger partial charge >= 0.3 is 0 Å². The van der Waals surface area contributed by atoms with Crippen LogP contribution in [0.3, 0.4) is 0 Å². The summed E-state index contributed by atoms with van der Waals surface area (Å²) in [5.41, 5.74) is 1.71. The standard InChI is InChI=1S/C21H26N2O3S/c1-16(2)10-22-11-19(26-14-17-6-4-3-5-7-17)12-23(13-20(22)24)21(25)18-8-9-27-15-18/h3-9,15-16,19H,10-14H2,1-2H3. The van der Waals surface area contributed by atoms with Crippen LogP contribution in [-0.4, -0.2) is 53.9 Å². The van der Waals surface area contributed by atoms with E-state index in [0.29, 0.717) is 37.7 Å². The lowest BCUT2D eigenvalue weighted by atomic mass is 10.2. The summed E-state index contributed by atoms with van der Waals surface area (Å²) in [6.45, 7) is 6.35. The van der Waals surface area contributed by atoms with E-state index in [2.05, 4.69) is 13.8 Å². The molecule has 0 aliphatic carbocycles. The van der Waals surface area contributed by atoms with E-state index in [9.17, 15) is 9.59 Å². The number of hydrogen-bond acceptors (Lipinski definition) is 4. The van der Waals surface area contributed by atoms with Crippen molar-refractivity contribution in [2.45, 2.75) is 26.6 Å². The first-order valence-electron chi connectivity index (χ1n) is 9.27. The highest BCUT2D eigenvalue weighted by Crippen LogP contribution is 2.16. The van der Waals surface area contributed by atoms with Crippen LogP contribution in [0.25, 0.3) is 0 Å². The molecule has 1 unspecified atom stereocenters. The SMILES string of the molecule is CC(C)CN1CC(OCc2ccccc2)CN(C(=O)c2ccsc2)CC1=O. The Morgan fingerprint density at radius 3 is 2.67 bits per heavy atom. The van der Waals surface area contributed by atoms with Gasteiger partial charge < -0.3 is 14.5 Å². The highest BCUT2D eigenvalue weighted by Gasteiger charge is 2.31. The van der Waals surface area contributed by atoms with Crippen molar-refractivity contribution in [3.8, 4) is 0 Å². The largest absolute Gasteiger partial charge is 0.370 e. The summed E-state index contributed by atoms with van der Waals surface area (Å²) in [6.07, 6.45) is -0.210. The van der Waals surface area contributed by atoms with Crippen LogP contribution >= 0.6 is 11.3 Å². The predicted molar refractivity (Wildman–Crippen MR) is 107 cm³/mol. The molecule has 6 heteroatoms. The Kier molecular flexibility index (Phi) is 6.63. The zero-order valence-corrected chi connectivity index (χ0v) is 16.7. The Balaban J connectivity index is 1.74. The number of ether oxygens (including phenoxy) is 1. The Morgan fingerprint density at radius 2 is 2.00 bits per heavy atom. The third-order valence-corrected chi connectivity index (χ3v) is 5.18. The number of amides is 2. The van der Waals surface area contributed by atoms with Crippen LogP contribution in [0.2, 0.25) is 0 Å². The quantitative estimate of drug-likeness (QED) is 0.766. The molecule has 1 aromatic heterocycles. The summed E-state index contributed by atoms with van der Waals surface area (Å²) >= 11 is 1.48. The molecule has 0 bridgehead atoms. The highest BCUT2D eigenvalue weighted by atomic mass is 32.1. The van der Waals surface area contributed by atoms with E-state index < -0.39 is 0 Å². The first-order valence-corrected chi connectivity index (χ1v) is 10.2. The first-order chi connectivity index (χ1) is 13.0. The van der Waals surface area contributed by atoms with Gasteiger partial charge in [0.05, 0.1) is 18.3 Å². The number of hydrogen-bond donors (Lipinski definition) is 0. The van der Waals surface area contributed by atoms with Crippen LogP contribution in [-0.2, 0) is 16.1 Å². The van der Waals surface area contributed by atoms with Crippen molar-refractivity contribution in [3.05, 3.63) is 58.3 Å². The monoisotopic (exact) mass is 386 g/mol. The van der Waals surface area contributed by atoms with Gasteiger partial charge in [-0.15, -0.1) is 0 Å². The van der Waals surface area contributed by atoms with E-state index in [0.717, 1.165) is 5.56 Å². The second-order valence-corrected chi connectivity index (χ2v) is 8.09. The molecule has 2 aromatic rings. The van der Waals surface area contributed by atoms with Gasteiger partial charge in [-0.05, 0) is 22.9 Å². The van der Waals surface area contributed by atoms with Crippen LogP contribution in [0.1, 0.15) is 29.8 Å². The summed E-state index contributed by atoms with van der Waals surface area (Å²) in [5.74, 6) is 0.241. The molecule has 27 heavy (non-hydrogen) atoms. The van der Waals surface area contributed by atoms with Crippen molar-refractivity contribution in [1.82, 2.24) is 9.80 Å². The van der Waals surface area contributed by atoms with Crippen LogP contribution in [0.15, 0.2) is 47.2 Å². The van der Waals surface area contributed by atoms with Gasteiger partial charge in [0, 0.05) is 25.0 Å². The van der Waals surface area contributed by atoms with Gasteiger partial charge in [-0.2, -0.15) is 11.3 Å².